The first kappa shape index (κ1) is 19.6. The fraction of sp³-hybridized carbons (Fsp3) is 0.286. The van der Waals surface area contributed by atoms with Gasteiger partial charge in [0.1, 0.15) is 5.25 Å². The Labute approximate surface area is 150 Å². The van der Waals surface area contributed by atoms with Crippen molar-refractivity contribution in [3.05, 3.63) is 41.7 Å². The highest BCUT2D eigenvalue weighted by molar-refractivity contribution is 8.00. The number of benzene rings is 1. The highest BCUT2D eigenvalue weighted by atomic mass is 32.2. The van der Waals surface area contributed by atoms with Crippen LogP contribution in [0.1, 0.15) is 23.6 Å². The minimum atomic E-state index is -4.79. The lowest BCUT2D eigenvalue weighted by Crippen LogP contribution is -2.41. The molecule has 1 aromatic heterocycles. The molecule has 0 bridgehead atoms. The van der Waals surface area contributed by atoms with Gasteiger partial charge in [-0.2, -0.15) is 13.2 Å². The van der Waals surface area contributed by atoms with E-state index in [-0.39, 0.29) is 9.83 Å². The molecule has 4 N–H and O–H groups in total. The van der Waals surface area contributed by atoms with E-state index in [2.05, 4.69) is 20.8 Å². The van der Waals surface area contributed by atoms with Crippen molar-refractivity contribution in [2.75, 3.05) is 12.4 Å². The number of thioether (sulfide) groups is 1. The van der Waals surface area contributed by atoms with E-state index in [1.165, 1.54) is 0 Å². The molecule has 1 aromatic carbocycles. The Morgan fingerprint density at radius 2 is 1.92 bits per heavy atom. The molecule has 0 unspecified atom stereocenters. The molecule has 3 amide bonds. The maximum atomic E-state index is 12.8. The summed E-state index contributed by atoms with van der Waals surface area (Å²) in [6.45, 7) is 1.97. The summed E-state index contributed by atoms with van der Waals surface area (Å²) in [5.41, 5.74) is 0.454. The second-order valence-corrected chi connectivity index (χ2v) is 6.00. The van der Waals surface area contributed by atoms with Gasteiger partial charge in [-0.05, 0) is 12.5 Å². The largest absolute Gasteiger partial charge is 0.453 e. The predicted molar refractivity (Wildman–Crippen MR) is 87.4 cm³/mol. The molecule has 0 radical (unpaired) electrons. The molecule has 0 aliphatic heterocycles. The molecule has 1 atom stereocenters. The van der Waals surface area contributed by atoms with Crippen molar-refractivity contribution in [1.29, 1.82) is 0 Å². The number of urea groups is 1. The van der Waals surface area contributed by atoms with Gasteiger partial charge in [0.05, 0.1) is 0 Å². The topological polar surface area (TPSA) is 115 Å². The molecule has 8 nitrogen and oxygen atoms in total. The SMILES string of the molecule is CCNC(=O)NC(=O)[C@@H](Sc1nnc(C(F)(F)F)n1N)c1ccccc1. The van der Waals surface area contributed by atoms with Crippen LogP contribution in [-0.2, 0) is 11.0 Å². The average molecular weight is 388 g/mol. The summed E-state index contributed by atoms with van der Waals surface area (Å²) in [7, 11) is 0. The maximum absolute atomic E-state index is 12.8. The zero-order chi connectivity index (χ0) is 19.3. The predicted octanol–water partition coefficient (Wildman–Crippen LogP) is 1.69. The van der Waals surface area contributed by atoms with Gasteiger partial charge in [0, 0.05) is 6.54 Å². The molecule has 1 heterocycles. The van der Waals surface area contributed by atoms with E-state index in [9.17, 15) is 22.8 Å². The number of amides is 3. The Balaban J connectivity index is 2.30. The van der Waals surface area contributed by atoms with Crippen LogP contribution < -0.4 is 16.5 Å². The molecule has 0 aliphatic carbocycles. The highest BCUT2D eigenvalue weighted by Crippen LogP contribution is 2.36. The third-order valence-corrected chi connectivity index (χ3v) is 4.27. The lowest BCUT2D eigenvalue weighted by atomic mass is 10.1. The maximum Gasteiger partial charge on any atom is 0.453 e. The summed E-state index contributed by atoms with van der Waals surface area (Å²) in [4.78, 5) is 24.0. The van der Waals surface area contributed by atoms with E-state index in [1.807, 2.05) is 0 Å². The highest BCUT2D eigenvalue weighted by Gasteiger charge is 2.39. The number of nitrogens with zero attached hydrogens (tertiary/aromatic N) is 3. The van der Waals surface area contributed by atoms with Gasteiger partial charge in [0.2, 0.25) is 11.1 Å². The second-order valence-electron chi connectivity index (χ2n) is 4.93. The first-order chi connectivity index (χ1) is 12.2. The van der Waals surface area contributed by atoms with Gasteiger partial charge in [-0.25, -0.2) is 9.47 Å². The number of nitrogens with two attached hydrogens (primary N) is 1. The lowest BCUT2D eigenvalue weighted by molar-refractivity contribution is -0.146. The van der Waals surface area contributed by atoms with Gasteiger partial charge >= 0.3 is 12.2 Å². The van der Waals surface area contributed by atoms with Crippen LogP contribution in [0, 0.1) is 0 Å². The first-order valence-electron chi connectivity index (χ1n) is 7.32. The van der Waals surface area contributed by atoms with Crippen molar-refractivity contribution in [3.8, 4) is 0 Å². The van der Waals surface area contributed by atoms with Crippen LogP contribution in [0.2, 0.25) is 0 Å². The molecule has 0 saturated carbocycles. The third-order valence-electron chi connectivity index (χ3n) is 3.06. The van der Waals surface area contributed by atoms with Crippen LogP contribution in [0.25, 0.3) is 0 Å². The van der Waals surface area contributed by atoms with Crippen molar-refractivity contribution < 1.29 is 22.8 Å². The van der Waals surface area contributed by atoms with Crippen LogP contribution >= 0.6 is 11.8 Å². The molecule has 0 saturated heterocycles. The van der Waals surface area contributed by atoms with Crippen molar-refractivity contribution in [3.63, 3.8) is 0 Å². The van der Waals surface area contributed by atoms with Crippen molar-refractivity contribution >= 4 is 23.7 Å². The van der Waals surface area contributed by atoms with Gasteiger partial charge in [-0.3, -0.25) is 10.1 Å². The summed E-state index contributed by atoms with van der Waals surface area (Å²) < 4.78 is 38.6. The molecule has 140 valence electrons. The normalized spacial score (nSPS) is 12.5. The van der Waals surface area contributed by atoms with E-state index >= 15 is 0 Å². The number of halogens is 3. The molecular weight excluding hydrogens is 373 g/mol. The van der Waals surface area contributed by atoms with Gasteiger partial charge in [0.25, 0.3) is 5.82 Å². The zero-order valence-electron chi connectivity index (χ0n) is 13.4. The fourth-order valence-electron chi connectivity index (χ4n) is 1.94. The second kappa shape index (κ2) is 8.08. The number of aromatic nitrogens is 3. The Hall–Kier alpha value is -2.76. The van der Waals surface area contributed by atoms with Crippen LogP contribution in [0.5, 0.6) is 0 Å². The number of imide groups is 1. The molecule has 0 fully saturated rings. The number of carbonyl (C=O) groups excluding carboxylic acids is 2. The monoisotopic (exact) mass is 388 g/mol. The van der Waals surface area contributed by atoms with E-state index < -0.39 is 29.2 Å². The van der Waals surface area contributed by atoms with Crippen LogP contribution in [0.15, 0.2) is 35.5 Å². The Morgan fingerprint density at radius 3 is 2.46 bits per heavy atom. The zero-order valence-corrected chi connectivity index (χ0v) is 14.3. The number of hydrogen-bond acceptors (Lipinski definition) is 6. The number of carbonyl (C=O) groups is 2. The lowest BCUT2D eigenvalue weighted by Gasteiger charge is -2.16. The molecule has 0 aliphatic rings. The molecule has 2 aromatic rings. The molecule has 0 spiro atoms. The van der Waals surface area contributed by atoms with Gasteiger partial charge in [-0.15, -0.1) is 10.2 Å². The molecule has 26 heavy (non-hydrogen) atoms. The molecular formula is C14H15F3N6O2S. The number of nitrogens with one attached hydrogen (secondary N) is 2. The van der Waals surface area contributed by atoms with E-state index in [0.717, 1.165) is 0 Å². The van der Waals surface area contributed by atoms with Crippen molar-refractivity contribution in [2.45, 2.75) is 23.5 Å². The van der Waals surface area contributed by atoms with E-state index in [4.69, 9.17) is 5.84 Å². The first-order valence-corrected chi connectivity index (χ1v) is 8.20. The van der Waals surface area contributed by atoms with Crippen molar-refractivity contribution in [1.82, 2.24) is 25.5 Å². The minimum absolute atomic E-state index is 0.264. The third kappa shape index (κ3) is 4.65. The Kier molecular flexibility index (Phi) is 6.08. The summed E-state index contributed by atoms with van der Waals surface area (Å²) in [5, 5.41) is 9.55. The Morgan fingerprint density at radius 1 is 1.27 bits per heavy atom. The standard InChI is InChI=1S/C14H15F3N6O2S/c1-2-19-12(25)20-10(24)9(8-6-4-3-5-7-8)26-13-22-21-11(23(13)18)14(15,16)17/h3-7,9H,2,18H2,1H3,(H2,19,20,24,25)/t9-/m0/s1. The quantitative estimate of drug-likeness (QED) is 0.530. The molecule has 2 rings (SSSR count). The smallest absolute Gasteiger partial charge is 0.338 e. The van der Waals surface area contributed by atoms with E-state index in [0.29, 0.717) is 23.9 Å². The summed E-state index contributed by atoms with van der Waals surface area (Å²) >= 11 is 0.646. The minimum Gasteiger partial charge on any atom is -0.338 e. The number of hydrogen-bond donors (Lipinski definition) is 3. The summed E-state index contributed by atoms with van der Waals surface area (Å²) in [6.07, 6.45) is -4.79. The number of nitrogen functional groups attached to an aromatic ring is 1. The number of rotatable bonds is 5. The van der Waals surface area contributed by atoms with Crippen LogP contribution in [-0.4, -0.2) is 33.4 Å². The summed E-state index contributed by atoms with van der Waals surface area (Å²) in [5.74, 6) is 3.28. The average Bonchev–Trinajstić information content (AvgIpc) is 2.94. The van der Waals surface area contributed by atoms with Gasteiger partial charge in [-0.1, -0.05) is 42.1 Å². The van der Waals surface area contributed by atoms with Crippen LogP contribution in [0.3, 0.4) is 0 Å². The van der Waals surface area contributed by atoms with Crippen LogP contribution in [0.4, 0.5) is 18.0 Å². The number of alkyl halides is 3. The molecule has 12 heteroatoms. The van der Waals surface area contributed by atoms with Gasteiger partial charge in [0.15, 0.2) is 0 Å². The van der Waals surface area contributed by atoms with Crippen molar-refractivity contribution in [2.24, 2.45) is 0 Å². The fourth-order valence-corrected chi connectivity index (χ4v) is 2.90. The summed E-state index contributed by atoms with van der Waals surface area (Å²) in [6, 6.07) is 7.48. The Bertz CT molecular complexity index is 781. The van der Waals surface area contributed by atoms with Gasteiger partial charge < -0.3 is 11.2 Å². The van der Waals surface area contributed by atoms with E-state index in [1.54, 1.807) is 37.3 Å².